The monoisotopic (exact) mass is 247 g/mol. The van der Waals surface area contributed by atoms with E-state index >= 15 is 0 Å². The lowest BCUT2D eigenvalue weighted by Crippen LogP contribution is -2.28. The Kier molecular flexibility index (Phi) is 3.65. The second-order valence-electron chi connectivity index (χ2n) is 4.72. The van der Waals surface area contributed by atoms with Crippen LogP contribution in [0.25, 0.3) is 0 Å². The average Bonchev–Trinajstić information content (AvgIpc) is 3.07. The second kappa shape index (κ2) is 5.21. The SMILES string of the molecule is CCC1CC1NC(=O)Cc1ccccc1C(=O)O. The number of carbonyl (C=O) groups is 2. The second-order valence-corrected chi connectivity index (χ2v) is 4.72. The van der Waals surface area contributed by atoms with Crippen LogP contribution in [0.2, 0.25) is 0 Å². The van der Waals surface area contributed by atoms with Crippen molar-refractivity contribution in [1.29, 1.82) is 0 Å². The highest BCUT2D eigenvalue weighted by molar-refractivity contribution is 5.91. The van der Waals surface area contributed by atoms with Gasteiger partial charge >= 0.3 is 5.97 Å². The predicted octanol–water partition coefficient (Wildman–Crippen LogP) is 1.84. The molecule has 96 valence electrons. The van der Waals surface area contributed by atoms with Crippen molar-refractivity contribution in [2.75, 3.05) is 0 Å². The minimum absolute atomic E-state index is 0.0929. The molecule has 2 atom stereocenters. The molecule has 0 spiro atoms. The number of benzene rings is 1. The van der Waals surface area contributed by atoms with E-state index in [0.717, 1.165) is 12.8 Å². The number of hydrogen-bond donors (Lipinski definition) is 2. The van der Waals surface area contributed by atoms with Crippen molar-refractivity contribution in [2.24, 2.45) is 5.92 Å². The first kappa shape index (κ1) is 12.6. The van der Waals surface area contributed by atoms with Gasteiger partial charge in [-0.25, -0.2) is 4.79 Å². The zero-order chi connectivity index (χ0) is 13.1. The highest BCUT2D eigenvalue weighted by Gasteiger charge is 2.36. The van der Waals surface area contributed by atoms with Gasteiger partial charge in [0.1, 0.15) is 0 Å². The molecule has 0 saturated heterocycles. The summed E-state index contributed by atoms with van der Waals surface area (Å²) >= 11 is 0. The molecule has 1 aromatic carbocycles. The Bertz CT molecular complexity index is 470. The number of nitrogens with one attached hydrogen (secondary N) is 1. The smallest absolute Gasteiger partial charge is 0.335 e. The maximum atomic E-state index is 11.8. The summed E-state index contributed by atoms with van der Waals surface area (Å²) in [5.74, 6) is -0.482. The zero-order valence-electron chi connectivity index (χ0n) is 10.3. The molecule has 2 N–H and O–H groups in total. The molecule has 0 heterocycles. The molecule has 0 aromatic heterocycles. The normalized spacial score (nSPS) is 21.4. The van der Waals surface area contributed by atoms with Crippen LogP contribution in [0.3, 0.4) is 0 Å². The summed E-state index contributed by atoms with van der Waals surface area (Å²) in [6, 6.07) is 6.92. The van der Waals surface area contributed by atoms with Crippen LogP contribution < -0.4 is 5.32 Å². The van der Waals surface area contributed by atoms with Crippen molar-refractivity contribution in [3.63, 3.8) is 0 Å². The first-order valence-corrected chi connectivity index (χ1v) is 6.22. The molecule has 1 amide bonds. The van der Waals surface area contributed by atoms with Crippen molar-refractivity contribution >= 4 is 11.9 Å². The summed E-state index contributed by atoms with van der Waals surface area (Å²) in [7, 11) is 0. The van der Waals surface area contributed by atoms with Gasteiger partial charge in [-0.15, -0.1) is 0 Å². The zero-order valence-corrected chi connectivity index (χ0v) is 10.3. The lowest BCUT2D eigenvalue weighted by molar-refractivity contribution is -0.120. The van der Waals surface area contributed by atoms with Crippen LogP contribution in [0.5, 0.6) is 0 Å². The van der Waals surface area contributed by atoms with Crippen LogP contribution in [-0.2, 0) is 11.2 Å². The highest BCUT2D eigenvalue weighted by Crippen LogP contribution is 2.33. The van der Waals surface area contributed by atoms with Gasteiger partial charge in [-0.05, 0) is 24.0 Å². The molecular weight excluding hydrogens is 230 g/mol. The van der Waals surface area contributed by atoms with Crippen molar-refractivity contribution in [1.82, 2.24) is 5.32 Å². The maximum Gasteiger partial charge on any atom is 0.335 e. The van der Waals surface area contributed by atoms with Crippen LogP contribution >= 0.6 is 0 Å². The molecule has 1 saturated carbocycles. The van der Waals surface area contributed by atoms with Gasteiger partial charge in [0.05, 0.1) is 12.0 Å². The summed E-state index contributed by atoms with van der Waals surface area (Å²) < 4.78 is 0. The van der Waals surface area contributed by atoms with E-state index in [2.05, 4.69) is 12.2 Å². The number of amides is 1. The molecule has 4 heteroatoms. The van der Waals surface area contributed by atoms with E-state index in [4.69, 9.17) is 5.11 Å². The van der Waals surface area contributed by atoms with E-state index in [9.17, 15) is 9.59 Å². The first-order chi connectivity index (χ1) is 8.61. The topological polar surface area (TPSA) is 66.4 Å². The molecule has 2 rings (SSSR count). The van der Waals surface area contributed by atoms with Crippen molar-refractivity contribution < 1.29 is 14.7 Å². The minimum Gasteiger partial charge on any atom is -0.478 e. The Morgan fingerprint density at radius 2 is 2.11 bits per heavy atom. The van der Waals surface area contributed by atoms with Crippen LogP contribution in [0.1, 0.15) is 35.7 Å². The van der Waals surface area contributed by atoms with Crippen molar-refractivity contribution in [3.8, 4) is 0 Å². The van der Waals surface area contributed by atoms with E-state index < -0.39 is 5.97 Å². The average molecular weight is 247 g/mol. The molecule has 1 aliphatic rings. The molecule has 0 radical (unpaired) electrons. The van der Waals surface area contributed by atoms with Gasteiger partial charge in [-0.1, -0.05) is 31.5 Å². The summed E-state index contributed by atoms with van der Waals surface area (Å²) in [4.78, 5) is 22.8. The highest BCUT2D eigenvalue weighted by atomic mass is 16.4. The summed E-state index contributed by atoms with van der Waals surface area (Å²) in [6.45, 7) is 2.11. The van der Waals surface area contributed by atoms with Gasteiger partial charge in [0.25, 0.3) is 0 Å². The van der Waals surface area contributed by atoms with Gasteiger partial charge < -0.3 is 10.4 Å². The number of hydrogen-bond acceptors (Lipinski definition) is 2. The van der Waals surface area contributed by atoms with Gasteiger partial charge in [0.2, 0.25) is 5.91 Å². The fraction of sp³-hybridized carbons (Fsp3) is 0.429. The molecule has 18 heavy (non-hydrogen) atoms. The van der Waals surface area contributed by atoms with E-state index in [1.54, 1.807) is 18.2 Å². The number of aromatic carboxylic acids is 1. The quantitative estimate of drug-likeness (QED) is 0.834. The Labute approximate surface area is 106 Å². The molecular formula is C14H17NO3. The van der Waals surface area contributed by atoms with E-state index in [1.165, 1.54) is 6.07 Å². The molecule has 1 fully saturated rings. The summed E-state index contributed by atoms with van der Waals surface area (Å²) in [5, 5.41) is 12.0. The maximum absolute atomic E-state index is 11.8. The van der Waals surface area contributed by atoms with E-state index in [1.807, 2.05) is 0 Å². The third-order valence-corrected chi connectivity index (χ3v) is 3.39. The molecule has 0 aliphatic heterocycles. The molecule has 4 nitrogen and oxygen atoms in total. The van der Waals surface area contributed by atoms with Crippen molar-refractivity contribution in [2.45, 2.75) is 32.2 Å². The Morgan fingerprint density at radius 1 is 1.39 bits per heavy atom. The molecule has 0 bridgehead atoms. The Hall–Kier alpha value is -1.84. The molecule has 2 unspecified atom stereocenters. The summed E-state index contributed by atoms with van der Waals surface area (Å²) in [5.41, 5.74) is 0.770. The standard InChI is InChI=1S/C14H17NO3/c1-2-9-7-12(9)15-13(16)8-10-5-3-4-6-11(10)14(17)18/h3-6,9,12H,2,7-8H2,1H3,(H,15,16)(H,17,18). The lowest BCUT2D eigenvalue weighted by Gasteiger charge is -2.07. The number of carboxylic acid groups (broad SMARTS) is 1. The largest absolute Gasteiger partial charge is 0.478 e. The number of carboxylic acids is 1. The van der Waals surface area contributed by atoms with E-state index in [0.29, 0.717) is 17.5 Å². The van der Waals surface area contributed by atoms with Gasteiger partial charge in [-0.3, -0.25) is 4.79 Å². The lowest BCUT2D eigenvalue weighted by atomic mass is 10.0. The third-order valence-electron chi connectivity index (χ3n) is 3.39. The van der Waals surface area contributed by atoms with Gasteiger partial charge in [0.15, 0.2) is 0 Å². The van der Waals surface area contributed by atoms with Gasteiger partial charge in [-0.2, -0.15) is 0 Å². The Morgan fingerprint density at radius 3 is 2.72 bits per heavy atom. The minimum atomic E-state index is -0.990. The van der Waals surface area contributed by atoms with Crippen LogP contribution in [0.15, 0.2) is 24.3 Å². The number of rotatable bonds is 5. The van der Waals surface area contributed by atoms with Crippen LogP contribution in [0.4, 0.5) is 0 Å². The van der Waals surface area contributed by atoms with Crippen LogP contribution in [-0.4, -0.2) is 23.0 Å². The van der Waals surface area contributed by atoms with Crippen LogP contribution in [0, 0.1) is 5.92 Å². The fourth-order valence-corrected chi connectivity index (χ4v) is 2.19. The van der Waals surface area contributed by atoms with E-state index in [-0.39, 0.29) is 17.9 Å². The summed E-state index contributed by atoms with van der Waals surface area (Å²) in [6.07, 6.45) is 2.26. The Balaban J connectivity index is 1.97. The van der Waals surface area contributed by atoms with Gasteiger partial charge in [0, 0.05) is 6.04 Å². The fourth-order valence-electron chi connectivity index (χ4n) is 2.19. The van der Waals surface area contributed by atoms with Crippen molar-refractivity contribution in [3.05, 3.63) is 35.4 Å². The third kappa shape index (κ3) is 2.88. The molecule has 1 aromatic rings. The molecule has 1 aliphatic carbocycles. The predicted molar refractivity (Wildman–Crippen MR) is 67.4 cm³/mol. The first-order valence-electron chi connectivity index (χ1n) is 6.22. The number of carbonyl (C=O) groups excluding carboxylic acids is 1.